The van der Waals surface area contributed by atoms with Crippen LogP contribution in [0, 0.1) is 11.3 Å². The summed E-state index contributed by atoms with van der Waals surface area (Å²) < 4.78 is 7.02. The molecule has 3 aromatic carbocycles. The third-order valence-corrected chi connectivity index (χ3v) is 10.5. The van der Waals surface area contributed by atoms with Crippen molar-refractivity contribution in [2.45, 2.75) is 38.3 Å². The fourth-order valence-electron chi connectivity index (χ4n) is 3.88. The average Bonchev–Trinajstić information content (AvgIpc) is 2.77. The lowest BCUT2D eigenvalue weighted by molar-refractivity contribution is 0.186. The van der Waals surface area contributed by atoms with Crippen molar-refractivity contribution in [2.75, 3.05) is 0 Å². The van der Waals surface area contributed by atoms with E-state index in [9.17, 15) is 5.26 Å². The first-order chi connectivity index (χ1) is 14.3. The van der Waals surface area contributed by atoms with Crippen LogP contribution < -0.4 is 10.4 Å². The number of rotatable bonds is 6. The van der Waals surface area contributed by atoms with Crippen LogP contribution in [0.15, 0.2) is 97.1 Å². The normalized spacial score (nSPS) is 14.2. The molecule has 152 valence electrons. The third-order valence-electron chi connectivity index (χ3n) is 5.40. The highest BCUT2D eigenvalue weighted by molar-refractivity contribution is 6.99. The van der Waals surface area contributed by atoms with Gasteiger partial charge in [-0.1, -0.05) is 118 Å². The van der Waals surface area contributed by atoms with Gasteiger partial charge in [-0.15, -0.1) is 0 Å². The first-order valence-electron chi connectivity index (χ1n) is 10.3. The van der Waals surface area contributed by atoms with Gasteiger partial charge in [0.2, 0.25) is 0 Å². The summed E-state index contributed by atoms with van der Waals surface area (Å²) in [6.07, 6.45) is 3.86. The Labute approximate surface area is 181 Å². The Balaban J connectivity index is 2.17. The molecule has 1 atom stereocenters. The average molecular weight is 412 g/mol. The molecule has 0 saturated carbocycles. The van der Waals surface area contributed by atoms with Crippen LogP contribution >= 0.6 is 0 Å². The second kappa shape index (κ2) is 8.83. The number of hydrogen-bond donors (Lipinski definition) is 0. The highest BCUT2D eigenvalue weighted by atomic mass is 28.4. The maximum absolute atomic E-state index is 10.2. The molecule has 0 fully saturated rings. The predicted octanol–water partition coefficient (Wildman–Crippen LogP) is 5.56. The van der Waals surface area contributed by atoms with E-state index in [0.717, 1.165) is 5.56 Å². The molecule has 0 spiro atoms. The highest BCUT2D eigenvalue weighted by Crippen LogP contribution is 2.39. The van der Waals surface area contributed by atoms with Gasteiger partial charge in [0.1, 0.15) is 6.07 Å². The van der Waals surface area contributed by atoms with Gasteiger partial charge in [-0.2, -0.15) is 5.26 Å². The highest BCUT2D eigenvalue weighted by Gasteiger charge is 2.53. The zero-order valence-electron chi connectivity index (χ0n) is 18.2. The SMILES string of the molecule is CC(C#N)(/C=C/c1ccccc1)O[Si](c1ccccc1)(c1ccccc1)C(C)(C)C. The fourth-order valence-corrected chi connectivity index (χ4v) is 8.56. The predicted molar refractivity (Wildman–Crippen MR) is 128 cm³/mol. The van der Waals surface area contributed by atoms with Crippen molar-refractivity contribution in [2.24, 2.45) is 0 Å². The molecular formula is C27H29NOSi. The van der Waals surface area contributed by atoms with Crippen LogP contribution in [0.5, 0.6) is 0 Å². The van der Waals surface area contributed by atoms with Crippen molar-refractivity contribution in [3.05, 3.63) is 103 Å². The van der Waals surface area contributed by atoms with Gasteiger partial charge in [0, 0.05) is 0 Å². The zero-order valence-corrected chi connectivity index (χ0v) is 19.2. The summed E-state index contributed by atoms with van der Waals surface area (Å²) >= 11 is 0. The minimum atomic E-state index is -2.82. The number of nitrogens with zero attached hydrogens (tertiary/aromatic N) is 1. The van der Waals surface area contributed by atoms with Gasteiger partial charge in [0.15, 0.2) is 5.60 Å². The quantitative estimate of drug-likeness (QED) is 0.498. The van der Waals surface area contributed by atoms with Crippen LogP contribution in [-0.2, 0) is 4.43 Å². The summed E-state index contributed by atoms with van der Waals surface area (Å²) in [7, 11) is -2.82. The molecule has 3 rings (SSSR count). The molecule has 0 aliphatic rings. The van der Waals surface area contributed by atoms with Gasteiger partial charge in [0.05, 0.1) is 0 Å². The molecule has 0 aliphatic carbocycles. The zero-order chi connectivity index (χ0) is 21.7. The van der Waals surface area contributed by atoms with E-state index in [1.807, 2.05) is 61.5 Å². The van der Waals surface area contributed by atoms with E-state index >= 15 is 0 Å². The van der Waals surface area contributed by atoms with Gasteiger partial charge in [0.25, 0.3) is 8.32 Å². The Hall–Kier alpha value is -2.93. The number of nitriles is 1. The van der Waals surface area contributed by atoms with E-state index in [2.05, 4.69) is 75.4 Å². The minimum Gasteiger partial charge on any atom is -0.387 e. The molecule has 0 heterocycles. The summed E-state index contributed by atoms with van der Waals surface area (Å²) in [6, 6.07) is 33.3. The first kappa shape index (κ1) is 21.8. The van der Waals surface area contributed by atoms with Gasteiger partial charge >= 0.3 is 0 Å². The molecule has 3 heteroatoms. The van der Waals surface area contributed by atoms with Crippen LogP contribution in [-0.4, -0.2) is 13.9 Å². The Bertz CT molecular complexity index is 978. The van der Waals surface area contributed by atoms with Crippen molar-refractivity contribution in [1.29, 1.82) is 5.26 Å². The van der Waals surface area contributed by atoms with E-state index in [4.69, 9.17) is 4.43 Å². The summed E-state index contributed by atoms with van der Waals surface area (Å²) in [6.45, 7) is 8.53. The van der Waals surface area contributed by atoms with Crippen LogP contribution in [0.1, 0.15) is 33.3 Å². The third kappa shape index (κ3) is 4.46. The van der Waals surface area contributed by atoms with Gasteiger partial charge in [-0.3, -0.25) is 0 Å². The molecule has 0 radical (unpaired) electrons. The molecule has 0 amide bonds. The summed E-state index contributed by atoms with van der Waals surface area (Å²) in [5.74, 6) is 0. The van der Waals surface area contributed by atoms with E-state index in [1.54, 1.807) is 0 Å². The van der Waals surface area contributed by atoms with Crippen molar-refractivity contribution in [3.63, 3.8) is 0 Å². The molecule has 0 aromatic heterocycles. The van der Waals surface area contributed by atoms with E-state index in [0.29, 0.717) is 0 Å². The molecule has 0 saturated heterocycles. The maximum atomic E-state index is 10.2. The molecule has 0 aliphatic heterocycles. The molecule has 2 nitrogen and oxygen atoms in total. The first-order valence-corrected chi connectivity index (χ1v) is 12.2. The standard InChI is InChI=1S/C27H29NOSi/c1-26(2,3)30(24-16-10-6-11-17-24,25-18-12-7-13-19-25)29-27(4,22-28)21-20-23-14-8-5-9-15-23/h5-21H,1-4H3/b21-20+. The van der Waals surface area contributed by atoms with E-state index < -0.39 is 13.9 Å². The summed E-state index contributed by atoms with van der Waals surface area (Å²) in [4.78, 5) is 0. The Morgan fingerprint density at radius 1 is 0.733 bits per heavy atom. The van der Waals surface area contributed by atoms with Crippen molar-refractivity contribution >= 4 is 24.8 Å². The largest absolute Gasteiger partial charge is 0.387 e. The second-order valence-corrected chi connectivity index (χ2v) is 12.9. The van der Waals surface area contributed by atoms with Crippen LogP contribution in [0.2, 0.25) is 5.04 Å². The Kier molecular flexibility index (Phi) is 6.41. The van der Waals surface area contributed by atoms with Crippen LogP contribution in [0.4, 0.5) is 0 Å². The van der Waals surface area contributed by atoms with Crippen molar-refractivity contribution < 1.29 is 4.43 Å². The van der Waals surface area contributed by atoms with Gasteiger partial charge in [-0.05, 0) is 34.0 Å². The van der Waals surface area contributed by atoms with Gasteiger partial charge in [-0.25, -0.2) is 0 Å². The van der Waals surface area contributed by atoms with Crippen LogP contribution in [0.25, 0.3) is 6.08 Å². The van der Waals surface area contributed by atoms with E-state index in [-0.39, 0.29) is 5.04 Å². The fraction of sp³-hybridized carbons (Fsp3) is 0.222. The topological polar surface area (TPSA) is 33.0 Å². The summed E-state index contributed by atoms with van der Waals surface area (Å²) in [5, 5.41) is 12.3. The minimum absolute atomic E-state index is 0.186. The Morgan fingerprint density at radius 2 is 1.17 bits per heavy atom. The lowest BCUT2D eigenvalue weighted by Gasteiger charge is -2.46. The maximum Gasteiger partial charge on any atom is 0.263 e. The Morgan fingerprint density at radius 3 is 1.57 bits per heavy atom. The molecule has 1 unspecified atom stereocenters. The van der Waals surface area contributed by atoms with E-state index in [1.165, 1.54) is 10.4 Å². The molecule has 30 heavy (non-hydrogen) atoms. The summed E-state index contributed by atoms with van der Waals surface area (Å²) in [5.41, 5.74) is -0.0221. The van der Waals surface area contributed by atoms with Gasteiger partial charge < -0.3 is 4.43 Å². The second-order valence-electron chi connectivity index (χ2n) is 8.73. The van der Waals surface area contributed by atoms with Crippen molar-refractivity contribution in [3.8, 4) is 6.07 Å². The smallest absolute Gasteiger partial charge is 0.263 e. The molecular weight excluding hydrogens is 382 g/mol. The van der Waals surface area contributed by atoms with Crippen molar-refractivity contribution in [1.82, 2.24) is 0 Å². The number of benzene rings is 3. The lowest BCUT2D eigenvalue weighted by atomic mass is 10.1. The molecule has 3 aromatic rings. The van der Waals surface area contributed by atoms with Crippen LogP contribution in [0.3, 0.4) is 0 Å². The monoisotopic (exact) mass is 411 g/mol. The molecule has 0 bridgehead atoms. The molecule has 0 N–H and O–H groups in total. The lowest BCUT2D eigenvalue weighted by Crippen LogP contribution is -2.69. The number of hydrogen-bond acceptors (Lipinski definition) is 2.